The van der Waals surface area contributed by atoms with Crippen molar-refractivity contribution in [2.45, 2.75) is 77.8 Å². The van der Waals surface area contributed by atoms with Gasteiger partial charge in [0, 0.05) is 49.4 Å². The first-order valence-corrected chi connectivity index (χ1v) is 13.6. The predicted octanol–water partition coefficient (Wildman–Crippen LogP) is 5.35. The van der Waals surface area contributed by atoms with Crippen LogP contribution in [0.2, 0.25) is 5.02 Å². The molecule has 0 aliphatic carbocycles. The number of carboxylic acids is 1. The Morgan fingerprint density at radius 3 is 2.56 bits per heavy atom. The van der Waals surface area contributed by atoms with Gasteiger partial charge in [0.05, 0.1) is 11.8 Å². The van der Waals surface area contributed by atoms with E-state index in [1.54, 1.807) is 6.07 Å². The summed E-state index contributed by atoms with van der Waals surface area (Å²) in [6.07, 6.45) is 3.64. The van der Waals surface area contributed by atoms with Crippen LogP contribution in [0.3, 0.4) is 0 Å². The molecule has 36 heavy (non-hydrogen) atoms. The summed E-state index contributed by atoms with van der Waals surface area (Å²) in [4.78, 5) is 29.7. The fourth-order valence-electron chi connectivity index (χ4n) is 5.74. The van der Waals surface area contributed by atoms with Crippen molar-refractivity contribution in [2.75, 3.05) is 32.7 Å². The van der Waals surface area contributed by atoms with Crippen LogP contribution in [0.1, 0.15) is 76.3 Å². The number of rotatable bonds is 12. The van der Waals surface area contributed by atoms with Crippen molar-refractivity contribution >= 4 is 23.5 Å². The zero-order valence-electron chi connectivity index (χ0n) is 21.4. The van der Waals surface area contributed by atoms with Gasteiger partial charge in [0.15, 0.2) is 0 Å². The van der Waals surface area contributed by atoms with Crippen LogP contribution in [0, 0.1) is 11.3 Å². The van der Waals surface area contributed by atoms with Crippen LogP contribution < -0.4 is 5.32 Å². The summed E-state index contributed by atoms with van der Waals surface area (Å²) in [6, 6.07) is 4.46. The maximum Gasteiger partial charge on any atom is 0.304 e. The van der Waals surface area contributed by atoms with Crippen molar-refractivity contribution in [2.24, 2.45) is 11.3 Å². The van der Waals surface area contributed by atoms with E-state index in [2.05, 4.69) is 17.1 Å². The van der Waals surface area contributed by atoms with E-state index in [4.69, 9.17) is 11.6 Å². The van der Waals surface area contributed by atoms with Crippen LogP contribution in [0.15, 0.2) is 18.2 Å². The highest BCUT2D eigenvalue weighted by Gasteiger charge is 2.51. The summed E-state index contributed by atoms with van der Waals surface area (Å²) in [6.45, 7) is 7.78. The predicted molar refractivity (Wildman–Crippen MR) is 137 cm³/mol. The SMILES string of the molecule is CCCCCCN1CCC(NC(=O)C2(CC(=O)O)CN(Cc3c(Cl)cccc3C(F)F)CC2C)CC1. The molecule has 2 N–H and O–H groups in total. The molecule has 3 rings (SSSR count). The van der Waals surface area contributed by atoms with Gasteiger partial charge < -0.3 is 15.3 Å². The number of amides is 1. The summed E-state index contributed by atoms with van der Waals surface area (Å²) in [5.74, 6) is -1.52. The second-order valence-corrected chi connectivity index (χ2v) is 11.0. The van der Waals surface area contributed by atoms with Crippen LogP contribution in [0.5, 0.6) is 0 Å². The number of hydrogen-bond acceptors (Lipinski definition) is 4. The molecule has 0 bridgehead atoms. The van der Waals surface area contributed by atoms with E-state index < -0.39 is 17.8 Å². The van der Waals surface area contributed by atoms with Crippen molar-refractivity contribution in [3.8, 4) is 0 Å². The fourth-order valence-corrected chi connectivity index (χ4v) is 5.98. The van der Waals surface area contributed by atoms with E-state index in [9.17, 15) is 23.5 Å². The monoisotopic (exact) mass is 527 g/mol. The van der Waals surface area contributed by atoms with E-state index >= 15 is 0 Å². The molecule has 0 saturated carbocycles. The van der Waals surface area contributed by atoms with Crippen LogP contribution in [-0.2, 0) is 16.1 Å². The number of hydrogen-bond donors (Lipinski definition) is 2. The van der Waals surface area contributed by atoms with E-state index in [0.717, 1.165) is 32.5 Å². The quantitative estimate of drug-likeness (QED) is 0.358. The lowest BCUT2D eigenvalue weighted by Crippen LogP contribution is -2.52. The second kappa shape index (κ2) is 13.2. The summed E-state index contributed by atoms with van der Waals surface area (Å²) < 4.78 is 27.2. The molecule has 2 aliphatic rings. The number of piperidine rings is 1. The Morgan fingerprint density at radius 1 is 1.19 bits per heavy atom. The first-order chi connectivity index (χ1) is 17.2. The van der Waals surface area contributed by atoms with Gasteiger partial charge in [-0.25, -0.2) is 8.78 Å². The highest BCUT2D eigenvalue weighted by Crippen LogP contribution is 2.41. The number of benzene rings is 1. The number of likely N-dealkylation sites (tertiary alicyclic amines) is 2. The number of unbranched alkanes of at least 4 members (excludes halogenated alkanes) is 3. The topological polar surface area (TPSA) is 72.9 Å². The number of halogens is 3. The molecular formula is C27H40ClF2N3O3. The lowest BCUT2D eigenvalue weighted by Gasteiger charge is -2.36. The first-order valence-electron chi connectivity index (χ1n) is 13.2. The Balaban J connectivity index is 1.65. The normalized spacial score (nSPS) is 23.9. The molecule has 9 heteroatoms. The van der Waals surface area contributed by atoms with E-state index in [-0.39, 0.29) is 48.0 Å². The Kier molecular flexibility index (Phi) is 10.5. The molecule has 1 amide bonds. The Labute approximate surface area is 218 Å². The summed E-state index contributed by atoms with van der Waals surface area (Å²) in [7, 11) is 0. The van der Waals surface area contributed by atoms with Crippen LogP contribution >= 0.6 is 11.6 Å². The third-order valence-electron chi connectivity index (χ3n) is 7.92. The molecular weight excluding hydrogens is 488 g/mol. The summed E-state index contributed by atoms with van der Waals surface area (Å²) in [5, 5.41) is 13.1. The molecule has 6 nitrogen and oxygen atoms in total. The summed E-state index contributed by atoms with van der Waals surface area (Å²) >= 11 is 6.26. The fraction of sp³-hybridized carbons (Fsp3) is 0.704. The molecule has 0 aromatic heterocycles. The molecule has 2 saturated heterocycles. The van der Waals surface area contributed by atoms with Gasteiger partial charge in [-0.3, -0.25) is 14.5 Å². The number of nitrogens with zero attached hydrogens (tertiary/aromatic N) is 2. The molecule has 2 fully saturated rings. The highest BCUT2D eigenvalue weighted by atomic mass is 35.5. The van der Waals surface area contributed by atoms with Gasteiger partial charge >= 0.3 is 5.97 Å². The number of nitrogens with one attached hydrogen (secondary N) is 1. The van der Waals surface area contributed by atoms with E-state index in [1.807, 2.05) is 11.8 Å². The zero-order chi connectivity index (χ0) is 26.3. The standard InChI is InChI=1S/C27H40ClF2N3O3/c1-3-4-5-6-12-32-13-10-20(11-14-32)31-26(36)27(15-24(34)35)18-33(16-19(27)2)17-22-21(25(29)30)8-7-9-23(22)28/h7-9,19-20,25H,3-6,10-18H2,1-2H3,(H,31,36)(H,34,35). The van der Waals surface area contributed by atoms with Gasteiger partial charge in [-0.1, -0.05) is 56.8 Å². The van der Waals surface area contributed by atoms with Gasteiger partial charge in [-0.05, 0) is 43.4 Å². The molecule has 202 valence electrons. The first kappa shape index (κ1) is 28.8. The van der Waals surface area contributed by atoms with Gasteiger partial charge in [0.1, 0.15) is 0 Å². The molecule has 2 atom stereocenters. The lowest BCUT2D eigenvalue weighted by molar-refractivity contribution is -0.147. The maximum absolute atomic E-state index is 13.6. The second-order valence-electron chi connectivity index (χ2n) is 10.6. The number of carbonyl (C=O) groups excluding carboxylic acids is 1. The third-order valence-corrected chi connectivity index (χ3v) is 8.28. The molecule has 1 aromatic carbocycles. The molecule has 2 aliphatic heterocycles. The average molecular weight is 528 g/mol. The largest absolute Gasteiger partial charge is 0.481 e. The third kappa shape index (κ3) is 7.17. The number of aliphatic carboxylic acids is 1. The molecule has 2 heterocycles. The minimum atomic E-state index is -2.66. The Bertz CT molecular complexity index is 895. The van der Waals surface area contributed by atoms with Crippen LogP contribution in [0.25, 0.3) is 0 Å². The number of carbonyl (C=O) groups is 2. The van der Waals surface area contributed by atoms with Crippen molar-refractivity contribution in [3.63, 3.8) is 0 Å². The number of carboxylic acid groups (broad SMARTS) is 1. The number of alkyl halides is 2. The lowest BCUT2D eigenvalue weighted by atomic mass is 9.75. The van der Waals surface area contributed by atoms with Gasteiger partial charge in [-0.15, -0.1) is 0 Å². The Hall–Kier alpha value is -1.77. The molecule has 0 spiro atoms. The van der Waals surface area contributed by atoms with Gasteiger partial charge in [0.25, 0.3) is 6.43 Å². The van der Waals surface area contributed by atoms with Crippen molar-refractivity contribution < 1.29 is 23.5 Å². The minimum Gasteiger partial charge on any atom is -0.481 e. The minimum absolute atomic E-state index is 0.0188. The van der Waals surface area contributed by atoms with Gasteiger partial charge in [0.2, 0.25) is 5.91 Å². The zero-order valence-corrected chi connectivity index (χ0v) is 22.2. The highest BCUT2D eigenvalue weighted by molar-refractivity contribution is 6.31. The molecule has 2 unspecified atom stereocenters. The molecule has 0 radical (unpaired) electrons. The van der Waals surface area contributed by atoms with Crippen LogP contribution in [-0.4, -0.2) is 65.5 Å². The molecule has 1 aromatic rings. The maximum atomic E-state index is 13.6. The van der Waals surface area contributed by atoms with E-state index in [1.165, 1.54) is 37.8 Å². The summed E-state index contributed by atoms with van der Waals surface area (Å²) in [5.41, 5.74) is -0.911. The van der Waals surface area contributed by atoms with Crippen molar-refractivity contribution in [1.82, 2.24) is 15.1 Å². The smallest absolute Gasteiger partial charge is 0.304 e. The van der Waals surface area contributed by atoms with Crippen molar-refractivity contribution in [1.29, 1.82) is 0 Å². The van der Waals surface area contributed by atoms with Crippen LogP contribution in [0.4, 0.5) is 8.78 Å². The average Bonchev–Trinajstić information content (AvgIpc) is 3.14. The van der Waals surface area contributed by atoms with E-state index in [0.29, 0.717) is 12.1 Å². The van der Waals surface area contributed by atoms with Gasteiger partial charge in [-0.2, -0.15) is 0 Å². The van der Waals surface area contributed by atoms with Crippen molar-refractivity contribution in [3.05, 3.63) is 34.3 Å². The Morgan fingerprint density at radius 2 is 1.92 bits per heavy atom.